The second kappa shape index (κ2) is 9.34. The highest BCUT2D eigenvalue weighted by Crippen LogP contribution is 2.13. The molecule has 1 saturated heterocycles. The fraction of sp³-hybridized carbons (Fsp3) is 0.562. The van der Waals surface area contributed by atoms with Crippen LogP contribution in [0.25, 0.3) is 0 Å². The van der Waals surface area contributed by atoms with Crippen molar-refractivity contribution in [2.75, 3.05) is 24.6 Å². The standard InChI is InChI=1S/C16H24N2OS.ClH/c1-12-4-3-5-13(2)15(12)6-7-18-16(19)10-14-11-20-9-8-17-14;/h3-5,14,17H,6-11H2,1-2H3,(H,18,19);1H. The maximum Gasteiger partial charge on any atom is 0.221 e. The van der Waals surface area contributed by atoms with Gasteiger partial charge in [0.25, 0.3) is 0 Å². The summed E-state index contributed by atoms with van der Waals surface area (Å²) in [4.78, 5) is 11.9. The summed E-state index contributed by atoms with van der Waals surface area (Å²) in [5.41, 5.74) is 3.98. The molecule has 2 rings (SSSR count). The Morgan fingerprint density at radius 3 is 2.71 bits per heavy atom. The molecule has 21 heavy (non-hydrogen) atoms. The van der Waals surface area contributed by atoms with Crippen molar-refractivity contribution < 1.29 is 4.79 Å². The van der Waals surface area contributed by atoms with E-state index in [9.17, 15) is 4.79 Å². The number of nitrogens with one attached hydrogen (secondary N) is 2. The number of halogens is 1. The van der Waals surface area contributed by atoms with E-state index in [1.807, 2.05) is 11.8 Å². The van der Waals surface area contributed by atoms with Gasteiger partial charge in [-0.2, -0.15) is 11.8 Å². The van der Waals surface area contributed by atoms with Crippen molar-refractivity contribution in [1.29, 1.82) is 0 Å². The zero-order chi connectivity index (χ0) is 14.4. The fourth-order valence-electron chi connectivity index (χ4n) is 2.62. The fourth-order valence-corrected chi connectivity index (χ4v) is 3.57. The molecule has 0 spiro atoms. The number of hydrogen-bond donors (Lipinski definition) is 2. The summed E-state index contributed by atoms with van der Waals surface area (Å²) in [6.45, 7) is 6.01. The summed E-state index contributed by atoms with van der Waals surface area (Å²) in [6, 6.07) is 6.69. The summed E-state index contributed by atoms with van der Waals surface area (Å²) in [7, 11) is 0. The molecule has 1 unspecified atom stereocenters. The molecule has 1 fully saturated rings. The van der Waals surface area contributed by atoms with Crippen LogP contribution in [-0.4, -0.2) is 36.5 Å². The number of thioether (sulfide) groups is 1. The third-order valence-electron chi connectivity index (χ3n) is 3.77. The van der Waals surface area contributed by atoms with E-state index in [1.54, 1.807) is 0 Å². The Labute approximate surface area is 138 Å². The second-order valence-electron chi connectivity index (χ2n) is 5.40. The first-order valence-electron chi connectivity index (χ1n) is 7.29. The maximum atomic E-state index is 11.9. The Balaban J connectivity index is 0.00000220. The molecule has 0 saturated carbocycles. The van der Waals surface area contributed by atoms with Crippen molar-refractivity contribution in [1.82, 2.24) is 10.6 Å². The van der Waals surface area contributed by atoms with Crippen molar-refractivity contribution in [2.45, 2.75) is 32.7 Å². The van der Waals surface area contributed by atoms with E-state index in [2.05, 4.69) is 42.7 Å². The number of carbonyl (C=O) groups is 1. The van der Waals surface area contributed by atoms with Gasteiger partial charge in [-0.15, -0.1) is 12.4 Å². The smallest absolute Gasteiger partial charge is 0.221 e. The van der Waals surface area contributed by atoms with Crippen LogP contribution in [0.2, 0.25) is 0 Å². The number of amides is 1. The Morgan fingerprint density at radius 1 is 1.38 bits per heavy atom. The molecule has 1 amide bonds. The maximum absolute atomic E-state index is 11.9. The van der Waals surface area contributed by atoms with Crippen LogP contribution in [0, 0.1) is 13.8 Å². The highest BCUT2D eigenvalue weighted by molar-refractivity contribution is 7.99. The van der Waals surface area contributed by atoms with Gasteiger partial charge in [0.15, 0.2) is 0 Å². The monoisotopic (exact) mass is 328 g/mol. The zero-order valence-electron chi connectivity index (χ0n) is 12.8. The SMILES string of the molecule is Cc1cccc(C)c1CCNC(=O)CC1CSCCN1.Cl. The van der Waals surface area contributed by atoms with Gasteiger partial charge >= 0.3 is 0 Å². The molecule has 1 heterocycles. The summed E-state index contributed by atoms with van der Waals surface area (Å²) in [6.07, 6.45) is 1.51. The Kier molecular flexibility index (Phi) is 8.15. The number of aryl methyl sites for hydroxylation is 2. The molecule has 1 aliphatic heterocycles. The van der Waals surface area contributed by atoms with Crippen LogP contribution in [0.3, 0.4) is 0 Å². The van der Waals surface area contributed by atoms with Gasteiger partial charge in [0.1, 0.15) is 0 Å². The minimum absolute atomic E-state index is 0. The average molecular weight is 329 g/mol. The second-order valence-corrected chi connectivity index (χ2v) is 6.55. The van der Waals surface area contributed by atoms with E-state index < -0.39 is 0 Å². The predicted octanol–water partition coefficient (Wildman–Crippen LogP) is 2.48. The number of hydrogen-bond acceptors (Lipinski definition) is 3. The predicted molar refractivity (Wildman–Crippen MR) is 93.6 cm³/mol. The van der Waals surface area contributed by atoms with E-state index in [0.29, 0.717) is 12.5 Å². The summed E-state index contributed by atoms with van der Waals surface area (Å²) >= 11 is 1.93. The van der Waals surface area contributed by atoms with Crippen LogP contribution < -0.4 is 10.6 Å². The Morgan fingerprint density at radius 2 is 2.10 bits per heavy atom. The lowest BCUT2D eigenvalue weighted by molar-refractivity contribution is -0.121. The van der Waals surface area contributed by atoms with Crippen LogP contribution in [0.4, 0.5) is 0 Å². The van der Waals surface area contributed by atoms with Crippen molar-refractivity contribution in [3.05, 3.63) is 34.9 Å². The molecule has 0 radical (unpaired) electrons. The average Bonchev–Trinajstić information content (AvgIpc) is 2.43. The van der Waals surface area contributed by atoms with Gasteiger partial charge in [0.2, 0.25) is 5.91 Å². The largest absolute Gasteiger partial charge is 0.356 e. The Hall–Kier alpha value is -0.710. The normalized spacial score (nSPS) is 17.9. The summed E-state index contributed by atoms with van der Waals surface area (Å²) < 4.78 is 0. The van der Waals surface area contributed by atoms with Crippen LogP contribution in [0.1, 0.15) is 23.1 Å². The highest BCUT2D eigenvalue weighted by atomic mass is 35.5. The first-order valence-corrected chi connectivity index (χ1v) is 8.45. The lowest BCUT2D eigenvalue weighted by Crippen LogP contribution is -2.41. The first-order chi connectivity index (χ1) is 9.66. The van der Waals surface area contributed by atoms with Crippen molar-refractivity contribution in [3.8, 4) is 0 Å². The van der Waals surface area contributed by atoms with Gasteiger partial charge in [-0.1, -0.05) is 18.2 Å². The van der Waals surface area contributed by atoms with E-state index in [1.165, 1.54) is 16.7 Å². The van der Waals surface area contributed by atoms with Crippen molar-refractivity contribution in [3.63, 3.8) is 0 Å². The summed E-state index contributed by atoms with van der Waals surface area (Å²) in [5.74, 6) is 2.37. The lowest BCUT2D eigenvalue weighted by Gasteiger charge is -2.22. The van der Waals surface area contributed by atoms with Gasteiger partial charge in [-0.3, -0.25) is 4.79 Å². The number of benzene rings is 1. The van der Waals surface area contributed by atoms with Crippen LogP contribution in [-0.2, 0) is 11.2 Å². The summed E-state index contributed by atoms with van der Waals surface area (Å²) in [5, 5.41) is 6.44. The minimum atomic E-state index is 0. The van der Waals surface area contributed by atoms with E-state index >= 15 is 0 Å². The third-order valence-corrected chi connectivity index (χ3v) is 4.90. The van der Waals surface area contributed by atoms with Gasteiger partial charge in [-0.25, -0.2) is 0 Å². The molecule has 3 nitrogen and oxygen atoms in total. The zero-order valence-corrected chi connectivity index (χ0v) is 14.4. The molecule has 118 valence electrons. The molecule has 1 aromatic carbocycles. The first kappa shape index (κ1) is 18.3. The molecule has 1 aliphatic rings. The van der Waals surface area contributed by atoms with E-state index in [4.69, 9.17) is 0 Å². The molecule has 0 bridgehead atoms. The third kappa shape index (κ3) is 5.89. The number of rotatable bonds is 5. The number of carbonyl (C=O) groups excluding carboxylic acids is 1. The van der Waals surface area contributed by atoms with E-state index in [-0.39, 0.29) is 18.3 Å². The van der Waals surface area contributed by atoms with E-state index in [0.717, 1.165) is 31.0 Å². The van der Waals surface area contributed by atoms with Crippen LogP contribution in [0.5, 0.6) is 0 Å². The molecule has 0 aliphatic carbocycles. The van der Waals surface area contributed by atoms with Crippen LogP contribution >= 0.6 is 24.2 Å². The van der Waals surface area contributed by atoms with Gasteiger partial charge in [-0.05, 0) is 37.0 Å². The van der Waals surface area contributed by atoms with Crippen LogP contribution in [0.15, 0.2) is 18.2 Å². The molecule has 5 heteroatoms. The molecular formula is C16H25ClN2OS. The molecule has 1 atom stereocenters. The quantitative estimate of drug-likeness (QED) is 0.872. The highest BCUT2D eigenvalue weighted by Gasteiger charge is 2.16. The minimum Gasteiger partial charge on any atom is -0.356 e. The molecule has 1 aromatic rings. The topological polar surface area (TPSA) is 41.1 Å². The van der Waals surface area contributed by atoms with Crippen molar-refractivity contribution >= 4 is 30.1 Å². The van der Waals surface area contributed by atoms with Crippen molar-refractivity contribution in [2.24, 2.45) is 0 Å². The lowest BCUT2D eigenvalue weighted by atomic mass is 10.0. The molecular weight excluding hydrogens is 304 g/mol. The Bertz CT molecular complexity index is 441. The van der Waals surface area contributed by atoms with Gasteiger partial charge < -0.3 is 10.6 Å². The van der Waals surface area contributed by atoms with Gasteiger partial charge in [0.05, 0.1) is 0 Å². The molecule has 0 aromatic heterocycles. The molecule has 2 N–H and O–H groups in total. The van der Waals surface area contributed by atoms with Gasteiger partial charge in [0, 0.05) is 37.1 Å².